The summed E-state index contributed by atoms with van der Waals surface area (Å²) in [7, 11) is -3.72. The van der Waals surface area contributed by atoms with Gasteiger partial charge in [0.25, 0.3) is 10.0 Å². The highest BCUT2D eigenvalue weighted by atomic mass is 79.9. The molecule has 0 saturated carbocycles. The van der Waals surface area contributed by atoms with Crippen molar-refractivity contribution in [2.24, 2.45) is 0 Å². The van der Waals surface area contributed by atoms with Crippen LogP contribution in [0.5, 0.6) is 0 Å². The molecule has 0 radical (unpaired) electrons. The minimum Gasteiger partial charge on any atom is -0.279 e. The van der Waals surface area contributed by atoms with Gasteiger partial charge in [-0.1, -0.05) is 18.2 Å². The summed E-state index contributed by atoms with van der Waals surface area (Å²) in [6.45, 7) is 0. The summed E-state index contributed by atoms with van der Waals surface area (Å²) in [6, 6.07) is 11.7. The lowest BCUT2D eigenvalue weighted by Gasteiger charge is -2.09. The molecular weight excluding hydrogens is 321 g/mol. The smallest absolute Gasteiger partial charge is 0.263 e. The third-order valence-corrected chi connectivity index (χ3v) is 4.60. The molecule has 2 aromatic rings. The predicted octanol–water partition coefficient (Wildman–Crippen LogP) is 3.39. The van der Waals surface area contributed by atoms with E-state index in [1.54, 1.807) is 18.2 Å². The fraction of sp³-hybridized carbons (Fsp3) is 0. The Kier molecular flexibility index (Phi) is 3.68. The van der Waals surface area contributed by atoms with Gasteiger partial charge in [0.15, 0.2) is 0 Å². The Balaban J connectivity index is 2.37. The van der Waals surface area contributed by atoms with Gasteiger partial charge < -0.3 is 0 Å². The average molecular weight is 330 g/mol. The number of sulfonamides is 1. The van der Waals surface area contributed by atoms with E-state index in [0.717, 1.165) is 6.07 Å². The van der Waals surface area contributed by atoms with Crippen molar-refractivity contribution < 1.29 is 12.8 Å². The second-order valence-corrected chi connectivity index (χ2v) is 6.05. The maximum Gasteiger partial charge on any atom is 0.263 e. The van der Waals surface area contributed by atoms with Crippen LogP contribution < -0.4 is 4.72 Å². The van der Waals surface area contributed by atoms with E-state index in [1.807, 2.05) is 0 Å². The van der Waals surface area contributed by atoms with Gasteiger partial charge in [-0.3, -0.25) is 4.72 Å². The van der Waals surface area contributed by atoms with E-state index in [2.05, 4.69) is 20.7 Å². The molecule has 0 aliphatic carbocycles. The molecule has 2 aromatic carbocycles. The Morgan fingerprint density at radius 1 is 1.06 bits per heavy atom. The van der Waals surface area contributed by atoms with E-state index < -0.39 is 15.8 Å². The first kappa shape index (κ1) is 13.0. The highest BCUT2D eigenvalue weighted by Gasteiger charge is 2.17. The number of nitrogens with one attached hydrogen (secondary N) is 1. The molecule has 0 aliphatic heterocycles. The summed E-state index contributed by atoms with van der Waals surface area (Å²) < 4.78 is 39.9. The molecule has 94 valence electrons. The zero-order chi connectivity index (χ0) is 13.2. The second kappa shape index (κ2) is 5.07. The maximum atomic E-state index is 13.0. The van der Waals surface area contributed by atoms with E-state index in [1.165, 1.54) is 24.3 Å². The normalized spacial score (nSPS) is 11.2. The third kappa shape index (κ3) is 2.88. The SMILES string of the molecule is O=S(=O)(Nc1cccc(F)c1)c1ccccc1Br. The minimum absolute atomic E-state index is 0.106. The summed E-state index contributed by atoms with van der Waals surface area (Å²) >= 11 is 3.17. The molecule has 0 aromatic heterocycles. The number of rotatable bonds is 3. The zero-order valence-electron chi connectivity index (χ0n) is 9.10. The highest BCUT2D eigenvalue weighted by molar-refractivity contribution is 9.10. The van der Waals surface area contributed by atoms with Crippen LogP contribution in [-0.2, 0) is 10.0 Å². The first-order valence-corrected chi connectivity index (χ1v) is 7.29. The van der Waals surface area contributed by atoms with Crippen molar-refractivity contribution in [1.82, 2.24) is 0 Å². The lowest BCUT2D eigenvalue weighted by molar-refractivity contribution is 0.600. The van der Waals surface area contributed by atoms with Crippen molar-refractivity contribution in [3.05, 3.63) is 58.8 Å². The molecule has 0 spiro atoms. The van der Waals surface area contributed by atoms with Crippen molar-refractivity contribution >= 4 is 31.6 Å². The maximum absolute atomic E-state index is 13.0. The van der Waals surface area contributed by atoms with Crippen molar-refractivity contribution in [2.75, 3.05) is 4.72 Å². The van der Waals surface area contributed by atoms with E-state index in [9.17, 15) is 12.8 Å². The zero-order valence-corrected chi connectivity index (χ0v) is 11.5. The summed E-state index contributed by atoms with van der Waals surface area (Å²) in [4.78, 5) is 0.106. The van der Waals surface area contributed by atoms with Gasteiger partial charge in [0.2, 0.25) is 0 Å². The van der Waals surface area contributed by atoms with Gasteiger partial charge in [0, 0.05) is 4.47 Å². The van der Waals surface area contributed by atoms with E-state index in [-0.39, 0.29) is 10.6 Å². The van der Waals surface area contributed by atoms with Crippen LogP contribution in [0.15, 0.2) is 57.9 Å². The van der Waals surface area contributed by atoms with Crippen LogP contribution in [0.1, 0.15) is 0 Å². The van der Waals surface area contributed by atoms with Crippen LogP contribution >= 0.6 is 15.9 Å². The molecule has 6 heteroatoms. The first-order valence-electron chi connectivity index (χ1n) is 5.02. The monoisotopic (exact) mass is 329 g/mol. The predicted molar refractivity (Wildman–Crippen MR) is 71.4 cm³/mol. The Hall–Kier alpha value is -1.40. The quantitative estimate of drug-likeness (QED) is 0.938. The number of hydrogen-bond acceptors (Lipinski definition) is 2. The number of benzene rings is 2. The van der Waals surface area contributed by atoms with Crippen molar-refractivity contribution in [3.63, 3.8) is 0 Å². The molecule has 3 nitrogen and oxygen atoms in total. The van der Waals surface area contributed by atoms with Crippen molar-refractivity contribution in [3.8, 4) is 0 Å². The first-order chi connectivity index (χ1) is 8.49. The number of anilines is 1. The molecule has 18 heavy (non-hydrogen) atoms. The molecule has 0 bridgehead atoms. The van der Waals surface area contributed by atoms with Gasteiger partial charge >= 0.3 is 0 Å². The molecule has 0 atom stereocenters. The second-order valence-electron chi connectivity index (χ2n) is 3.55. The molecule has 0 unspecified atom stereocenters. The van der Waals surface area contributed by atoms with Crippen LogP contribution in [0, 0.1) is 5.82 Å². The summed E-state index contributed by atoms with van der Waals surface area (Å²) in [5.41, 5.74) is 0.186. The molecular formula is C12H9BrFNO2S. The van der Waals surface area contributed by atoms with Crippen LogP contribution in [-0.4, -0.2) is 8.42 Å². The van der Waals surface area contributed by atoms with Crippen molar-refractivity contribution in [1.29, 1.82) is 0 Å². The van der Waals surface area contributed by atoms with Crippen LogP contribution in [0.4, 0.5) is 10.1 Å². The Morgan fingerprint density at radius 3 is 2.44 bits per heavy atom. The van der Waals surface area contributed by atoms with Gasteiger partial charge in [0.1, 0.15) is 10.7 Å². The number of halogens is 2. The summed E-state index contributed by atoms with van der Waals surface area (Å²) in [5.74, 6) is -0.498. The molecule has 0 amide bonds. The van der Waals surface area contributed by atoms with Gasteiger partial charge in [0.05, 0.1) is 5.69 Å². The van der Waals surface area contributed by atoms with Crippen molar-refractivity contribution in [2.45, 2.75) is 4.90 Å². The van der Waals surface area contributed by atoms with Crippen LogP contribution in [0.25, 0.3) is 0 Å². The third-order valence-electron chi connectivity index (χ3n) is 2.20. The van der Waals surface area contributed by atoms with Crippen LogP contribution in [0.3, 0.4) is 0 Å². The number of hydrogen-bond donors (Lipinski definition) is 1. The molecule has 0 aliphatic rings. The fourth-order valence-corrected chi connectivity index (χ4v) is 3.48. The summed E-state index contributed by atoms with van der Waals surface area (Å²) in [6.07, 6.45) is 0. The molecule has 0 fully saturated rings. The van der Waals surface area contributed by atoms with E-state index in [0.29, 0.717) is 4.47 Å². The highest BCUT2D eigenvalue weighted by Crippen LogP contribution is 2.23. The van der Waals surface area contributed by atoms with Gasteiger partial charge in [-0.25, -0.2) is 12.8 Å². The molecule has 1 N–H and O–H groups in total. The lowest BCUT2D eigenvalue weighted by atomic mass is 10.3. The summed E-state index contributed by atoms with van der Waals surface area (Å²) in [5, 5.41) is 0. The van der Waals surface area contributed by atoms with E-state index in [4.69, 9.17) is 0 Å². The Bertz CT molecular complexity index is 673. The largest absolute Gasteiger partial charge is 0.279 e. The topological polar surface area (TPSA) is 46.2 Å². The fourth-order valence-electron chi connectivity index (χ4n) is 1.42. The minimum atomic E-state index is -3.72. The lowest BCUT2D eigenvalue weighted by Crippen LogP contribution is -2.13. The molecule has 0 saturated heterocycles. The molecule has 0 heterocycles. The van der Waals surface area contributed by atoms with Gasteiger partial charge in [-0.15, -0.1) is 0 Å². The average Bonchev–Trinajstić information content (AvgIpc) is 2.28. The standard InChI is InChI=1S/C12H9BrFNO2S/c13-11-6-1-2-7-12(11)18(16,17)15-10-5-3-4-9(14)8-10/h1-8,15H. The Morgan fingerprint density at radius 2 is 1.78 bits per heavy atom. The molecule has 2 rings (SSSR count). The van der Waals surface area contributed by atoms with Gasteiger partial charge in [-0.05, 0) is 46.3 Å². The van der Waals surface area contributed by atoms with Crippen LogP contribution in [0.2, 0.25) is 0 Å². The van der Waals surface area contributed by atoms with Gasteiger partial charge in [-0.2, -0.15) is 0 Å². The Labute approximate surface area is 113 Å². The van der Waals surface area contributed by atoms with E-state index >= 15 is 0 Å².